The van der Waals surface area contributed by atoms with Gasteiger partial charge >= 0.3 is 0 Å². The van der Waals surface area contributed by atoms with E-state index in [4.69, 9.17) is 5.73 Å². The Bertz CT molecular complexity index is 675. The van der Waals surface area contributed by atoms with Gasteiger partial charge in [0, 0.05) is 24.9 Å². The molecule has 0 fully saturated rings. The van der Waals surface area contributed by atoms with Crippen molar-refractivity contribution >= 4 is 33.1 Å². The summed E-state index contributed by atoms with van der Waals surface area (Å²) in [6.07, 6.45) is 3.66. The highest BCUT2D eigenvalue weighted by atomic mass is 79.9. The number of hydrogen-bond donors (Lipinski definition) is 1. The van der Waals surface area contributed by atoms with E-state index in [-0.39, 0.29) is 0 Å². The zero-order valence-electron chi connectivity index (χ0n) is 10.0. The lowest BCUT2D eigenvalue weighted by Gasteiger charge is -2.02. The molecule has 0 aromatic carbocycles. The Hall–Kier alpha value is -1.73. The first-order valence-corrected chi connectivity index (χ1v) is 7.12. The first-order chi connectivity index (χ1) is 9.11. The second kappa shape index (κ2) is 4.75. The van der Waals surface area contributed by atoms with Crippen LogP contribution in [-0.2, 0) is 7.05 Å². The van der Waals surface area contributed by atoms with Gasteiger partial charge in [0.2, 0.25) is 0 Å². The van der Waals surface area contributed by atoms with Crippen molar-refractivity contribution in [1.82, 2.24) is 19.7 Å². The summed E-state index contributed by atoms with van der Waals surface area (Å²) < 4.78 is 2.77. The molecular weight excluding hydrogens is 326 g/mol. The summed E-state index contributed by atoms with van der Waals surface area (Å²) in [6, 6.07) is 5.69. The summed E-state index contributed by atoms with van der Waals surface area (Å²) in [5.74, 6) is 1.09. The molecule has 0 saturated heterocycles. The van der Waals surface area contributed by atoms with E-state index in [2.05, 4.69) is 31.0 Å². The Morgan fingerprint density at radius 2 is 2.16 bits per heavy atom. The molecule has 2 N–H and O–H groups in total. The molecule has 0 amide bonds. The van der Waals surface area contributed by atoms with E-state index in [1.807, 2.05) is 25.4 Å². The predicted octanol–water partition coefficient (Wildman–Crippen LogP) is 2.95. The summed E-state index contributed by atoms with van der Waals surface area (Å²) in [6.45, 7) is 0. The molecule has 96 valence electrons. The summed E-state index contributed by atoms with van der Waals surface area (Å²) in [7, 11) is 1.87. The predicted molar refractivity (Wildman–Crippen MR) is 79.7 cm³/mol. The highest BCUT2D eigenvalue weighted by Crippen LogP contribution is 2.30. The number of thiophene rings is 1. The minimum atomic E-state index is 0.452. The zero-order chi connectivity index (χ0) is 13.4. The molecule has 3 aromatic rings. The highest BCUT2D eigenvalue weighted by Gasteiger charge is 2.10. The fourth-order valence-corrected chi connectivity index (χ4v) is 3.03. The van der Waals surface area contributed by atoms with Gasteiger partial charge in [-0.15, -0.1) is 11.3 Å². The molecule has 0 aliphatic carbocycles. The second-order valence-corrected chi connectivity index (χ2v) is 6.47. The molecule has 0 unspecified atom stereocenters. The third kappa shape index (κ3) is 2.52. The van der Waals surface area contributed by atoms with Gasteiger partial charge in [0.25, 0.3) is 0 Å². The third-order valence-electron chi connectivity index (χ3n) is 2.54. The van der Waals surface area contributed by atoms with Crippen molar-refractivity contribution in [3.8, 4) is 22.0 Å². The van der Waals surface area contributed by atoms with Crippen molar-refractivity contribution < 1.29 is 0 Å². The van der Waals surface area contributed by atoms with Crippen molar-refractivity contribution in [2.75, 3.05) is 5.73 Å². The van der Waals surface area contributed by atoms with E-state index in [9.17, 15) is 0 Å². The van der Waals surface area contributed by atoms with Crippen molar-refractivity contribution in [2.24, 2.45) is 7.05 Å². The number of nitrogen functional groups attached to an aromatic ring is 1. The maximum atomic E-state index is 5.86. The average molecular weight is 336 g/mol. The van der Waals surface area contributed by atoms with Gasteiger partial charge in [-0.1, -0.05) is 0 Å². The molecule has 3 heterocycles. The number of aryl methyl sites for hydroxylation is 1. The molecule has 19 heavy (non-hydrogen) atoms. The third-order valence-corrected chi connectivity index (χ3v) is 4.16. The standard InChI is InChI=1S/C12H10BrN5S/c1-18-6-7(5-15-18)8-4-11(14)17-12(16-8)9-2-3-10(13)19-9/h2-6H,1H3,(H2,14,16,17). The molecule has 0 aliphatic rings. The van der Waals surface area contributed by atoms with Crippen LogP contribution < -0.4 is 5.73 Å². The molecular formula is C12H10BrN5S. The lowest BCUT2D eigenvalue weighted by atomic mass is 10.2. The number of hydrogen-bond acceptors (Lipinski definition) is 5. The number of rotatable bonds is 2. The summed E-state index contributed by atoms with van der Waals surface area (Å²) >= 11 is 5.01. The molecule has 0 saturated carbocycles. The number of nitrogens with two attached hydrogens (primary N) is 1. The molecule has 3 rings (SSSR count). The number of nitrogens with zero attached hydrogens (tertiary/aromatic N) is 4. The van der Waals surface area contributed by atoms with E-state index < -0.39 is 0 Å². The van der Waals surface area contributed by atoms with Gasteiger partial charge in [-0.3, -0.25) is 4.68 Å². The zero-order valence-corrected chi connectivity index (χ0v) is 12.4. The maximum absolute atomic E-state index is 5.86. The van der Waals surface area contributed by atoms with Crippen LogP contribution >= 0.6 is 27.3 Å². The van der Waals surface area contributed by atoms with E-state index in [0.29, 0.717) is 11.6 Å². The second-order valence-electron chi connectivity index (χ2n) is 4.01. The van der Waals surface area contributed by atoms with Crippen LogP contribution in [0.5, 0.6) is 0 Å². The van der Waals surface area contributed by atoms with E-state index in [1.54, 1.807) is 28.3 Å². The van der Waals surface area contributed by atoms with Crippen LogP contribution in [0.25, 0.3) is 22.0 Å². The van der Waals surface area contributed by atoms with Crippen molar-refractivity contribution in [3.05, 3.63) is 34.4 Å². The molecule has 0 spiro atoms. The van der Waals surface area contributed by atoms with Crippen molar-refractivity contribution in [1.29, 1.82) is 0 Å². The van der Waals surface area contributed by atoms with Gasteiger partial charge in [0.1, 0.15) is 5.82 Å². The highest BCUT2D eigenvalue weighted by molar-refractivity contribution is 9.11. The lowest BCUT2D eigenvalue weighted by molar-refractivity contribution is 0.768. The smallest absolute Gasteiger partial charge is 0.172 e. The van der Waals surface area contributed by atoms with Gasteiger partial charge in [0.05, 0.1) is 20.6 Å². The summed E-state index contributed by atoms with van der Waals surface area (Å²) in [5.41, 5.74) is 7.56. The van der Waals surface area contributed by atoms with Crippen LogP contribution in [0.3, 0.4) is 0 Å². The van der Waals surface area contributed by atoms with Gasteiger partial charge in [0.15, 0.2) is 5.82 Å². The molecule has 0 aliphatic heterocycles. The first kappa shape index (κ1) is 12.3. The minimum Gasteiger partial charge on any atom is -0.384 e. The average Bonchev–Trinajstić information content (AvgIpc) is 2.97. The Morgan fingerprint density at radius 3 is 2.79 bits per heavy atom. The molecule has 3 aromatic heterocycles. The van der Waals surface area contributed by atoms with E-state index in [0.717, 1.165) is 19.9 Å². The van der Waals surface area contributed by atoms with Gasteiger partial charge < -0.3 is 5.73 Å². The van der Waals surface area contributed by atoms with Crippen LogP contribution in [0.2, 0.25) is 0 Å². The van der Waals surface area contributed by atoms with Crippen LogP contribution in [-0.4, -0.2) is 19.7 Å². The van der Waals surface area contributed by atoms with Crippen LogP contribution in [0, 0.1) is 0 Å². The van der Waals surface area contributed by atoms with Crippen molar-refractivity contribution in [3.63, 3.8) is 0 Å². The van der Waals surface area contributed by atoms with Gasteiger partial charge in [-0.25, -0.2) is 9.97 Å². The van der Waals surface area contributed by atoms with Crippen LogP contribution in [0.1, 0.15) is 0 Å². The maximum Gasteiger partial charge on any atom is 0.172 e. The molecule has 5 nitrogen and oxygen atoms in total. The number of halogens is 1. The Kier molecular flexibility index (Phi) is 3.08. The Morgan fingerprint density at radius 1 is 1.32 bits per heavy atom. The summed E-state index contributed by atoms with van der Waals surface area (Å²) in [4.78, 5) is 9.80. The van der Waals surface area contributed by atoms with E-state index in [1.165, 1.54) is 0 Å². The monoisotopic (exact) mass is 335 g/mol. The number of anilines is 1. The fraction of sp³-hybridized carbons (Fsp3) is 0.0833. The first-order valence-electron chi connectivity index (χ1n) is 5.51. The molecule has 0 atom stereocenters. The quantitative estimate of drug-likeness (QED) is 0.781. The molecule has 0 radical (unpaired) electrons. The van der Waals surface area contributed by atoms with Gasteiger partial charge in [-0.2, -0.15) is 5.10 Å². The Labute approximate surface area is 122 Å². The van der Waals surface area contributed by atoms with Gasteiger partial charge in [-0.05, 0) is 28.1 Å². The molecule has 0 bridgehead atoms. The lowest BCUT2D eigenvalue weighted by Crippen LogP contribution is -1.96. The van der Waals surface area contributed by atoms with Crippen LogP contribution in [0.15, 0.2) is 34.4 Å². The van der Waals surface area contributed by atoms with Crippen LogP contribution in [0.4, 0.5) is 5.82 Å². The van der Waals surface area contributed by atoms with E-state index >= 15 is 0 Å². The molecule has 7 heteroatoms. The normalized spacial score (nSPS) is 10.8. The number of aromatic nitrogens is 4. The topological polar surface area (TPSA) is 69.6 Å². The largest absolute Gasteiger partial charge is 0.384 e. The summed E-state index contributed by atoms with van der Waals surface area (Å²) in [5, 5.41) is 4.14. The Balaban J connectivity index is 2.10. The fourth-order valence-electron chi connectivity index (χ4n) is 1.71. The SMILES string of the molecule is Cn1cc(-c2cc(N)nc(-c3ccc(Br)s3)n2)cn1. The van der Waals surface area contributed by atoms with Crippen molar-refractivity contribution in [2.45, 2.75) is 0 Å². The minimum absolute atomic E-state index is 0.452.